The van der Waals surface area contributed by atoms with Gasteiger partial charge < -0.3 is 14.4 Å². The molecule has 0 saturated heterocycles. The fourth-order valence-electron chi connectivity index (χ4n) is 3.01. The predicted octanol–water partition coefficient (Wildman–Crippen LogP) is 4.29. The SMILES string of the molecule is COCCN(CCOC)C(=O)c1cc(-c2ccc(Cl)cc2)nc2ccccc12. The fourth-order valence-corrected chi connectivity index (χ4v) is 3.14. The second kappa shape index (κ2) is 9.64. The summed E-state index contributed by atoms with van der Waals surface area (Å²) in [4.78, 5) is 19.9. The van der Waals surface area contributed by atoms with E-state index in [-0.39, 0.29) is 5.91 Å². The molecular formula is C22H23ClN2O3. The van der Waals surface area contributed by atoms with Gasteiger partial charge in [-0.3, -0.25) is 4.79 Å². The number of aromatic nitrogens is 1. The Labute approximate surface area is 169 Å². The van der Waals surface area contributed by atoms with E-state index in [4.69, 9.17) is 26.1 Å². The maximum absolute atomic E-state index is 13.4. The van der Waals surface area contributed by atoms with Gasteiger partial charge in [0.25, 0.3) is 5.91 Å². The summed E-state index contributed by atoms with van der Waals surface area (Å²) < 4.78 is 10.3. The highest BCUT2D eigenvalue weighted by Crippen LogP contribution is 2.26. The van der Waals surface area contributed by atoms with Gasteiger partial charge in [0.05, 0.1) is 30.0 Å². The molecule has 1 amide bonds. The lowest BCUT2D eigenvalue weighted by molar-refractivity contribution is 0.0629. The van der Waals surface area contributed by atoms with Gasteiger partial charge in [-0.15, -0.1) is 0 Å². The van der Waals surface area contributed by atoms with Crippen molar-refractivity contribution in [1.82, 2.24) is 9.88 Å². The molecule has 0 fully saturated rings. The molecular weight excluding hydrogens is 376 g/mol. The van der Waals surface area contributed by atoms with E-state index >= 15 is 0 Å². The summed E-state index contributed by atoms with van der Waals surface area (Å²) in [7, 11) is 3.25. The first kappa shape index (κ1) is 20.3. The summed E-state index contributed by atoms with van der Waals surface area (Å²) in [5.41, 5.74) is 3.03. The number of benzene rings is 2. The van der Waals surface area contributed by atoms with Gasteiger partial charge in [-0.1, -0.05) is 41.9 Å². The standard InChI is InChI=1S/C22H23ClN2O3/c1-27-13-11-25(12-14-28-2)22(26)19-15-21(16-7-9-17(23)10-8-16)24-20-6-4-3-5-18(19)20/h3-10,15H,11-14H2,1-2H3. The zero-order valence-electron chi connectivity index (χ0n) is 16.0. The highest BCUT2D eigenvalue weighted by atomic mass is 35.5. The van der Waals surface area contributed by atoms with Crippen LogP contribution in [0.3, 0.4) is 0 Å². The molecule has 2 aromatic carbocycles. The second-order valence-electron chi connectivity index (χ2n) is 6.36. The van der Waals surface area contributed by atoms with E-state index in [0.717, 1.165) is 22.2 Å². The molecule has 146 valence electrons. The largest absolute Gasteiger partial charge is 0.383 e. The number of nitrogens with zero attached hydrogens (tertiary/aromatic N) is 2. The molecule has 0 saturated carbocycles. The third-order valence-corrected chi connectivity index (χ3v) is 4.76. The Bertz CT molecular complexity index is 936. The number of rotatable bonds is 8. The van der Waals surface area contributed by atoms with Gasteiger partial charge in [0.1, 0.15) is 0 Å². The van der Waals surface area contributed by atoms with Gasteiger partial charge in [-0.25, -0.2) is 4.98 Å². The van der Waals surface area contributed by atoms with Crippen LogP contribution in [0.4, 0.5) is 0 Å². The van der Waals surface area contributed by atoms with Crippen LogP contribution in [0.2, 0.25) is 5.02 Å². The van der Waals surface area contributed by atoms with Crippen molar-refractivity contribution >= 4 is 28.4 Å². The zero-order chi connectivity index (χ0) is 19.9. The molecule has 0 atom stereocenters. The summed E-state index contributed by atoms with van der Waals surface area (Å²) in [6.07, 6.45) is 0. The molecule has 0 aliphatic carbocycles. The molecule has 3 aromatic rings. The molecule has 0 spiro atoms. The minimum Gasteiger partial charge on any atom is -0.383 e. The summed E-state index contributed by atoms with van der Waals surface area (Å²) in [5.74, 6) is -0.0667. The number of fused-ring (bicyclic) bond motifs is 1. The Morgan fingerprint density at radius 1 is 1.00 bits per heavy atom. The minimum atomic E-state index is -0.0667. The molecule has 0 bridgehead atoms. The lowest BCUT2D eigenvalue weighted by Crippen LogP contribution is -2.36. The van der Waals surface area contributed by atoms with Crippen molar-refractivity contribution < 1.29 is 14.3 Å². The number of hydrogen-bond donors (Lipinski definition) is 0. The average Bonchev–Trinajstić information content (AvgIpc) is 2.73. The molecule has 0 unspecified atom stereocenters. The smallest absolute Gasteiger partial charge is 0.254 e. The van der Waals surface area contributed by atoms with Crippen LogP contribution in [0.15, 0.2) is 54.6 Å². The molecule has 6 heteroatoms. The van der Waals surface area contributed by atoms with Gasteiger partial charge in [0.15, 0.2) is 0 Å². The van der Waals surface area contributed by atoms with Crippen molar-refractivity contribution in [2.45, 2.75) is 0 Å². The number of hydrogen-bond acceptors (Lipinski definition) is 4. The number of methoxy groups -OCH3 is 2. The Kier molecular flexibility index (Phi) is 6.98. The first-order valence-electron chi connectivity index (χ1n) is 9.07. The molecule has 5 nitrogen and oxygen atoms in total. The van der Waals surface area contributed by atoms with Crippen LogP contribution < -0.4 is 0 Å². The first-order chi connectivity index (χ1) is 13.6. The second-order valence-corrected chi connectivity index (χ2v) is 6.79. The van der Waals surface area contributed by atoms with E-state index in [9.17, 15) is 4.79 Å². The van der Waals surface area contributed by atoms with Crippen molar-refractivity contribution in [1.29, 1.82) is 0 Å². The monoisotopic (exact) mass is 398 g/mol. The van der Waals surface area contributed by atoms with Crippen molar-refractivity contribution in [3.05, 3.63) is 65.2 Å². The van der Waals surface area contributed by atoms with Crippen molar-refractivity contribution in [2.75, 3.05) is 40.5 Å². The molecule has 0 N–H and O–H groups in total. The maximum atomic E-state index is 13.4. The summed E-state index contributed by atoms with van der Waals surface area (Å²) in [6.45, 7) is 1.91. The highest BCUT2D eigenvalue weighted by molar-refractivity contribution is 6.30. The predicted molar refractivity (Wildman–Crippen MR) is 112 cm³/mol. The Balaban J connectivity index is 2.06. The third-order valence-electron chi connectivity index (χ3n) is 4.50. The van der Waals surface area contributed by atoms with Gasteiger partial charge in [-0.05, 0) is 24.3 Å². The summed E-state index contributed by atoms with van der Waals surface area (Å²) in [6, 6.07) is 17.0. The van der Waals surface area contributed by atoms with Crippen LogP contribution in [0.5, 0.6) is 0 Å². The number of ether oxygens (including phenoxy) is 2. The molecule has 0 radical (unpaired) electrons. The van der Waals surface area contributed by atoms with Crippen molar-refractivity contribution in [3.8, 4) is 11.3 Å². The van der Waals surface area contributed by atoms with E-state index in [0.29, 0.717) is 36.9 Å². The van der Waals surface area contributed by atoms with Gasteiger partial charge in [-0.2, -0.15) is 0 Å². The Hall–Kier alpha value is -2.47. The van der Waals surface area contributed by atoms with Crippen LogP contribution in [0.25, 0.3) is 22.2 Å². The topological polar surface area (TPSA) is 51.7 Å². The number of carbonyl (C=O) groups is 1. The number of para-hydroxylation sites is 1. The quantitative estimate of drug-likeness (QED) is 0.568. The van der Waals surface area contributed by atoms with Crippen LogP contribution in [-0.2, 0) is 9.47 Å². The number of pyridine rings is 1. The summed E-state index contributed by atoms with van der Waals surface area (Å²) in [5, 5.41) is 1.48. The van der Waals surface area contributed by atoms with Crippen molar-refractivity contribution in [3.63, 3.8) is 0 Å². The lowest BCUT2D eigenvalue weighted by atomic mass is 10.0. The minimum absolute atomic E-state index is 0.0667. The molecule has 1 aromatic heterocycles. The Morgan fingerprint density at radius 3 is 2.29 bits per heavy atom. The number of halogens is 1. The van der Waals surface area contributed by atoms with Gasteiger partial charge in [0.2, 0.25) is 0 Å². The van der Waals surface area contributed by atoms with Gasteiger partial charge in [0, 0.05) is 43.3 Å². The van der Waals surface area contributed by atoms with Crippen LogP contribution in [0, 0.1) is 0 Å². The van der Waals surface area contributed by atoms with Crippen LogP contribution >= 0.6 is 11.6 Å². The summed E-state index contributed by atoms with van der Waals surface area (Å²) >= 11 is 6.01. The van der Waals surface area contributed by atoms with Crippen LogP contribution in [-0.4, -0.2) is 56.3 Å². The van der Waals surface area contributed by atoms with Gasteiger partial charge >= 0.3 is 0 Å². The van der Waals surface area contributed by atoms with E-state index in [1.165, 1.54) is 0 Å². The van der Waals surface area contributed by atoms with Crippen molar-refractivity contribution in [2.24, 2.45) is 0 Å². The molecule has 1 heterocycles. The first-order valence-corrected chi connectivity index (χ1v) is 9.44. The molecule has 28 heavy (non-hydrogen) atoms. The fraction of sp³-hybridized carbons (Fsp3) is 0.273. The number of carbonyl (C=O) groups excluding carboxylic acids is 1. The van der Waals surface area contributed by atoms with E-state index in [2.05, 4.69) is 0 Å². The van der Waals surface area contributed by atoms with E-state index in [1.807, 2.05) is 54.6 Å². The molecule has 0 aliphatic heterocycles. The normalized spacial score (nSPS) is 11.0. The van der Waals surface area contributed by atoms with Crippen LogP contribution in [0.1, 0.15) is 10.4 Å². The average molecular weight is 399 g/mol. The lowest BCUT2D eigenvalue weighted by Gasteiger charge is -2.23. The number of amides is 1. The molecule has 3 rings (SSSR count). The van der Waals surface area contributed by atoms with E-state index in [1.54, 1.807) is 19.1 Å². The maximum Gasteiger partial charge on any atom is 0.254 e. The molecule has 0 aliphatic rings. The highest BCUT2D eigenvalue weighted by Gasteiger charge is 2.20. The third kappa shape index (κ3) is 4.68. The van der Waals surface area contributed by atoms with E-state index < -0.39 is 0 Å². The zero-order valence-corrected chi connectivity index (χ0v) is 16.8. The Morgan fingerprint density at radius 2 is 1.64 bits per heavy atom.